The van der Waals surface area contributed by atoms with Crippen molar-refractivity contribution < 1.29 is 0 Å². The Morgan fingerprint density at radius 2 is 1.86 bits per heavy atom. The Hall–Kier alpha value is -0.900. The Bertz CT molecular complexity index is 436. The van der Waals surface area contributed by atoms with Crippen LogP contribution in [0.1, 0.15) is 36.8 Å². The zero-order valence-electron chi connectivity index (χ0n) is 13.4. The lowest BCUT2D eigenvalue weighted by Gasteiger charge is -2.22. The molecule has 3 heteroatoms. The highest BCUT2D eigenvalue weighted by molar-refractivity contribution is 5.27. The number of hydrogen-bond donors (Lipinski definition) is 1. The molecule has 0 spiro atoms. The molecule has 1 saturated carbocycles. The van der Waals surface area contributed by atoms with Crippen LogP contribution in [0, 0.1) is 0 Å². The SMILES string of the molecule is CN(CCN1CCCC1)Cc1ccccc1CNC1CC1. The molecule has 3 nitrogen and oxygen atoms in total. The van der Waals surface area contributed by atoms with Gasteiger partial charge in [-0.25, -0.2) is 0 Å². The normalized spacial score (nSPS) is 19.5. The summed E-state index contributed by atoms with van der Waals surface area (Å²) in [5, 5.41) is 3.64. The lowest BCUT2D eigenvalue weighted by Crippen LogP contribution is -2.31. The average molecular weight is 287 g/mol. The molecule has 1 heterocycles. The molecule has 0 unspecified atom stereocenters. The minimum absolute atomic E-state index is 0.783. The summed E-state index contributed by atoms with van der Waals surface area (Å²) in [6, 6.07) is 9.68. The number of nitrogens with one attached hydrogen (secondary N) is 1. The predicted molar refractivity (Wildman–Crippen MR) is 88.3 cm³/mol. The van der Waals surface area contributed by atoms with E-state index in [1.54, 1.807) is 0 Å². The van der Waals surface area contributed by atoms with E-state index in [1.165, 1.54) is 63.0 Å². The first kappa shape index (κ1) is 15.0. The number of likely N-dealkylation sites (N-methyl/N-ethyl adjacent to an activating group) is 1. The maximum absolute atomic E-state index is 3.64. The van der Waals surface area contributed by atoms with Gasteiger partial charge in [0.2, 0.25) is 0 Å². The molecular formula is C18H29N3. The van der Waals surface area contributed by atoms with Crippen LogP contribution >= 0.6 is 0 Å². The zero-order chi connectivity index (χ0) is 14.5. The highest BCUT2D eigenvalue weighted by Crippen LogP contribution is 2.20. The number of hydrogen-bond acceptors (Lipinski definition) is 3. The van der Waals surface area contributed by atoms with Gasteiger partial charge in [0.1, 0.15) is 0 Å². The van der Waals surface area contributed by atoms with Gasteiger partial charge in [-0.1, -0.05) is 24.3 Å². The van der Waals surface area contributed by atoms with E-state index < -0.39 is 0 Å². The van der Waals surface area contributed by atoms with Crippen LogP contribution in [0.4, 0.5) is 0 Å². The van der Waals surface area contributed by atoms with Gasteiger partial charge in [-0.2, -0.15) is 0 Å². The van der Waals surface area contributed by atoms with Gasteiger partial charge in [-0.05, 0) is 56.9 Å². The van der Waals surface area contributed by atoms with E-state index in [0.717, 1.165) is 19.1 Å². The number of benzene rings is 1. The molecular weight excluding hydrogens is 258 g/mol. The third-order valence-corrected chi connectivity index (χ3v) is 4.71. The van der Waals surface area contributed by atoms with Gasteiger partial charge in [0.15, 0.2) is 0 Å². The fourth-order valence-corrected chi connectivity index (χ4v) is 3.11. The summed E-state index contributed by atoms with van der Waals surface area (Å²) in [5.41, 5.74) is 2.95. The highest BCUT2D eigenvalue weighted by Gasteiger charge is 2.20. The van der Waals surface area contributed by atoms with Gasteiger partial charge in [0.05, 0.1) is 0 Å². The molecule has 0 atom stereocenters. The van der Waals surface area contributed by atoms with E-state index in [4.69, 9.17) is 0 Å². The smallest absolute Gasteiger partial charge is 0.0234 e. The van der Waals surface area contributed by atoms with Gasteiger partial charge in [0.25, 0.3) is 0 Å². The first-order valence-electron chi connectivity index (χ1n) is 8.52. The molecule has 3 rings (SSSR count). The fourth-order valence-electron chi connectivity index (χ4n) is 3.11. The van der Waals surface area contributed by atoms with Crippen LogP contribution in [-0.2, 0) is 13.1 Å². The van der Waals surface area contributed by atoms with Gasteiger partial charge in [-0.3, -0.25) is 0 Å². The van der Waals surface area contributed by atoms with Crippen molar-refractivity contribution in [3.8, 4) is 0 Å². The Balaban J connectivity index is 1.47. The third kappa shape index (κ3) is 4.80. The number of rotatable bonds is 8. The quantitative estimate of drug-likeness (QED) is 0.792. The first-order valence-corrected chi connectivity index (χ1v) is 8.52. The van der Waals surface area contributed by atoms with E-state index in [0.29, 0.717) is 0 Å². The van der Waals surface area contributed by atoms with Crippen molar-refractivity contribution in [2.24, 2.45) is 0 Å². The highest BCUT2D eigenvalue weighted by atomic mass is 15.2. The van der Waals surface area contributed by atoms with Crippen LogP contribution in [0.25, 0.3) is 0 Å². The predicted octanol–water partition coefficient (Wildman–Crippen LogP) is 2.47. The molecule has 116 valence electrons. The Morgan fingerprint density at radius 3 is 2.57 bits per heavy atom. The molecule has 0 radical (unpaired) electrons. The molecule has 21 heavy (non-hydrogen) atoms. The summed E-state index contributed by atoms with van der Waals surface area (Å²) in [7, 11) is 2.25. The molecule has 1 aromatic rings. The zero-order valence-corrected chi connectivity index (χ0v) is 13.4. The van der Waals surface area contributed by atoms with Crippen molar-refractivity contribution >= 4 is 0 Å². The molecule has 1 saturated heterocycles. The van der Waals surface area contributed by atoms with Gasteiger partial charge in [0, 0.05) is 32.2 Å². The fraction of sp³-hybridized carbons (Fsp3) is 0.667. The van der Waals surface area contributed by atoms with Crippen LogP contribution < -0.4 is 5.32 Å². The van der Waals surface area contributed by atoms with Crippen molar-refractivity contribution in [3.05, 3.63) is 35.4 Å². The van der Waals surface area contributed by atoms with Crippen LogP contribution in [0.5, 0.6) is 0 Å². The van der Waals surface area contributed by atoms with Crippen molar-refractivity contribution in [1.82, 2.24) is 15.1 Å². The van der Waals surface area contributed by atoms with Crippen LogP contribution in [-0.4, -0.2) is 49.1 Å². The van der Waals surface area contributed by atoms with Gasteiger partial charge in [-0.15, -0.1) is 0 Å². The monoisotopic (exact) mass is 287 g/mol. The molecule has 2 aliphatic rings. The molecule has 2 fully saturated rings. The number of likely N-dealkylation sites (tertiary alicyclic amines) is 1. The second kappa shape index (κ2) is 7.39. The van der Waals surface area contributed by atoms with E-state index in [2.05, 4.69) is 46.4 Å². The summed E-state index contributed by atoms with van der Waals surface area (Å²) >= 11 is 0. The summed E-state index contributed by atoms with van der Waals surface area (Å²) < 4.78 is 0. The third-order valence-electron chi connectivity index (χ3n) is 4.71. The van der Waals surface area contributed by atoms with E-state index in [1.807, 2.05) is 0 Å². The minimum Gasteiger partial charge on any atom is -0.310 e. The average Bonchev–Trinajstić information content (AvgIpc) is 3.18. The molecule has 1 N–H and O–H groups in total. The molecule has 1 aliphatic carbocycles. The molecule has 0 amide bonds. The lowest BCUT2D eigenvalue weighted by molar-refractivity contribution is 0.252. The second-order valence-corrected chi connectivity index (χ2v) is 6.71. The largest absolute Gasteiger partial charge is 0.310 e. The van der Waals surface area contributed by atoms with Gasteiger partial charge < -0.3 is 15.1 Å². The van der Waals surface area contributed by atoms with E-state index in [-0.39, 0.29) is 0 Å². The lowest BCUT2D eigenvalue weighted by atomic mass is 10.1. The molecule has 0 bridgehead atoms. The summed E-state index contributed by atoms with van der Waals surface area (Å²) in [6.45, 7) is 7.09. The molecule has 0 aromatic heterocycles. The van der Waals surface area contributed by atoms with Gasteiger partial charge >= 0.3 is 0 Å². The van der Waals surface area contributed by atoms with Crippen molar-refractivity contribution in [3.63, 3.8) is 0 Å². The Kier molecular flexibility index (Phi) is 5.28. The van der Waals surface area contributed by atoms with Crippen LogP contribution in [0.3, 0.4) is 0 Å². The number of nitrogens with zero attached hydrogens (tertiary/aromatic N) is 2. The Labute approximate surface area is 129 Å². The van der Waals surface area contributed by atoms with Crippen molar-refractivity contribution in [1.29, 1.82) is 0 Å². The van der Waals surface area contributed by atoms with E-state index in [9.17, 15) is 0 Å². The molecule has 1 aromatic carbocycles. The second-order valence-electron chi connectivity index (χ2n) is 6.71. The van der Waals surface area contributed by atoms with Crippen LogP contribution in [0.15, 0.2) is 24.3 Å². The van der Waals surface area contributed by atoms with Crippen LogP contribution in [0.2, 0.25) is 0 Å². The summed E-state index contributed by atoms with van der Waals surface area (Å²) in [4.78, 5) is 5.06. The minimum atomic E-state index is 0.783. The van der Waals surface area contributed by atoms with E-state index >= 15 is 0 Å². The maximum Gasteiger partial charge on any atom is 0.0234 e. The van der Waals surface area contributed by atoms with Crippen molar-refractivity contribution in [2.45, 2.75) is 44.8 Å². The molecule has 1 aliphatic heterocycles. The Morgan fingerprint density at radius 1 is 1.14 bits per heavy atom. The topological polar surface area (TPSA) is 18.5 Å². The maximum atomic E-state index is 3.64. The summed E-state index contributed by atoms with van der Waals surface area (Å²) in [6.07, 6.45) is 5.49. The standard InChI is InChI=1S/C18H29N3/c1-20(12-13-21-10-4-5-11-21)15-17-7-3-2-6-16(17)14-19-18-8-9-18/h2-3,6-7,18-19H,4-5,8-15H2,1H3. The first-order chi connectivity index (χ1) is 10.3. The van der Waals surface area contributed by atoms with Crippen molar-refractivity contribution in [2.75, 3.05) is 33.2 Å². The summed E-state index contributed by atoms with van der Waals surface area (Å²) in [5.74, 6) is 0.